The molecule has 11 nitrogen and oxygen atoms in total. The van der Waals surface area contributed by atoms with E-state index in [1.54, 1.807) is 30.9 Å². The number of hydrogen-bond acceptors (Lipinski definition) is 7. The fourth-order valence-corrected chi connectivity index (χ4v) is 5.13. The third-order valence-corrected chi connectivity index (χ3v) is 8.22. The molecule has 0 unspecified atom stereocenters. The Morgan fingerprint density at radius 2 is 1.91 bits per heavy atom. The first kappa shape index (κ1) is 32.0. The maximum Gasteiger partial charge on any atom is 0.407 e. The van der Waals surface area contributed by atoms with Crippen molar-refractivity contribution in [2.45, 2.75) is 59.6 Å². The fourth-order valence-electron chi connectivity index (χ4n) is 4.57. The molecule has 3 aromatic heterocycles. The number of alkyl carbamates (subject to hydrolysis) is 1. The fraction of sp³-hybridized carbons (Fsp3) is 0.433. The van der Waals surface area contributed by atoms with Crippen LogP contribution in [-0.2, 0) is 41.2 Å². The number of imidazole rings is 1. The van der Waals surface area contributed by atoms with E-state index in [1.807, 2.05) is 50.4 Å². The van der Waals surface area contributed by atoms with Gasteiger partial charge in [-0.3, -0.25) is 4.68 Å². The Morgan fingerprint density at radius 3 is 2.63 bits per heavy atom. The van der Waals surface area contributed by atoms with Gasteiger partial charge in [-0.1, -0.05) is 0 Å². The molecule has 0 aliphatic carbocycles. The van der Waals surface area contributed by atoms with Crippen molar-refractivity contribution in [3.63, 3.8) is 0 Å². The van der Waals surface area contributed by atoms with Gasteiger partial charge >= 0.3 is 6.09 Å². The first-order valence-electron chi connectivity index (χ1n) is 14.1. The Kier molecular flexibility index (Phi) is 9.75. The van der Waals surface area contributed by atoms with Crippen molar-refractivity contribution in [3.05, 3.63) is 71.2 Å². The molecule has 0 bridgehead atoms. The number of fused-ring (bicyclic) bond motifs is 1. The average Bonchev–Trinajstić information content (AvgIpc) is 3.46. The molecule has 13 heteroatoms. The van der Waals surface area contributed by atoms with E-state index in [4.69, 9.17) is 9.47 Å². The predicted octanol–water partition coefficient (Wildman–Crippen LogP) is 4.31. The highest BCUT2D eigenvalue weighted by Gasteiger charge is 2.18. The van der Waals surface area contributed by atoms with Gasteiger partial charge in [0.25, 0.3) is 0 Å². The van der Waals surface area contributed by atoms with Gasteiger partial charge in [-0.2, -0.15) is 5.10 Å². The van der Waals surface area contributed by atoms with Crippen molar-refractivity contribution < 1.29 is 27.1 Å². The largest absolute Gasteiger partial charge is 0.492 e. The van der Waals surface area contributed by atoms with Crippen LogP contribution >= 0.6 is 0 Å². The Morgan fingerprint density at radius 1 is 1.14 bits per heavy atom. The molecule has 2 N–H and O–H groups in total. The van der Waals surface area contributed by atoms with E-state index in [-0.39, 0.29) is 18.9 Å². The summed E-state index contributed by atoms with van der Waals surface area (Å²) in [6, 6.07) is 8.18. The van der Waals surface area contributed by atoms with Crippen molar-refractivity contribution in [1.29, 1.82) is 0 Å². The van der Waals surface area contributed by atoms with Gasteiger partial charge in [0.2, 0.25) is 10.0 Å². The third-order valence-electron chi connectivity index (χ3n) is 6.88. The van der Waals surface area contributed by atoms with Gasteiger partial charge in [-0.25, -0.2) is 27.3 Å². The van der Waals surface area contributed by atoms with Crippen molar-refractivity contribution >= 4 is 21.8 Å². The summed E-state index contributed by atoms with van der Waals surface area (Å²) in [5, 5.41) is 7.23. The molecule has 0 atom stereocenters. The van der Waals surface area contributed by atoms with Crippen LogP contribution in [0.15, 0.2) is 42.7 Å². The van der Waals surface area contributed by atoms with Crippen molar-refractivity contribution in [2.24, 2.45) is 7.05 Å². The van der Waals surface area contributed by atoms with Gasteiger partial charge in [0.15, 0.2) is 0 Å². The SMILES string of the molecule is CCS(=O)(=O)NCc1nn(C)c(C)c1CCOc1cc(F)ccc1-c1ccc2ncc(CCNC(=O)OC(C)(C)C)n2c1. The summed E-state index contributed by atoms with van der Waals surface area (Å²) in [6.45, 7) is 9.59. The number of carbonyl (C=O) groups is 1. The summed E-state index contributed by atoms with van der Waals surface area (Å²) in [6.07, 6.45) is 4.17. The number of aryl methyl sites for hydroxylation is 1. The number of sulfonamides is 1. The minimum absolute atomic E-state index is 0.0189. The second kappa shape index (κ2) is 13.1. The van der Waals surface area contributed by atoms with Crippen LogP contribution in [0.4, 0.5) is 9.18 Å². The van der Waals surface area contributed by atoms with E-state index in [9.17, 15) is 17.6 Å². The van der Waals surface area contributed by atoms with E-state index in [0.29, 0.717) is 36.4 Å². The summed E-state index contributed by atoms with van der Waals surface area (Å²) in [5.74, 6) is -0.0689. The number of aromatic nitrogens is 4. The molecule has 0 aliphatic rings. The number of benzene rings is 1. The number of rotatable bonds is 12. The minimum atomic E-state index is -3.38. The molecular formula is C30H39FN6O5S. The number of carbonyl (C=O) groups excluding carboxylic acids is 1. The van der Waals surface area contributed by atoms with Gasteiger partial charge < -0.3 is 19.2 Å². The number of pyridine rings is 1. The number of nitrogens with one attached hydrogen (secondary N) is 2. The summed E-state index contributed by atoms with van der Waals surface area (Å²) < 4.78 is 55.9. The first-order valence-corrected chi connectivity index (χ1v) is 15.8. The van der Waals surface area contributed by atoms with Crippen LogP contribution in [0.3, 0.4) is 0 Å². The highest BCUT2D eigenvalue weighted by Crippen LogP contribution is 2.32. The second-order valence-electron chi connectivity index (χ2n) is 11.2. The van der Waals surface area contributed by atoms with Crippen LogP contribution < -0.4 is 14.8 Å². The zero-order chi connectivity index (χ0) is 31.4. The minimum Gasteiger partial charge on any atom is -0.492 e. The lowest BCUT2D eigenvalue weighted by Gasteiger charge is -2.19. The lowest BCUT2D eigenvalue weighted by molar-refractivity contribution is 0.0528. The first-order chi connectivity index (χ1) is 20.3. The molecule has 3 heterocycles. The van der Waals surface area contributed by atoms with E-state index in [1.165, 1.54) is 12.1 Å². The summed E-state index contributed by atoms with van der Waals surface area (Å²) in [7, 11) is -1.57. The molecular weight excluding hydrogens is 575 g/mol. The van der Waals surface area contributed by atoms with Gasteiger partial charge in [0, 0.05) is 73.0 Å². The van der Waals surface area contributed by atoms with Crippen molar-refractivity contribution in [1.82, 2.24) is 29.2 Å². The highest BCUT2D eigenvalue weighted by atomic mass is 32.2. The Labute approximate surface area is 251 Å². The van der Waals surface area contributed by atoms with E-state index in [0.717, 1.165) is 28.2 Å². The smallest absolute Gasteiger partial charge is 0.407 e. The van der Waals surface area contributed by atoms with Crippen molar-refractivity contribution in [2.75, 3.05) is 18.9 Å². The van der Waals surface area contributed by atoms with Gasteiger partial charge in [-0.05, 0) is 58.9 Å². The third kappa shape index (κ3) is 8.32. The second-order valence-corrected chi connectivity index (χ2v) is 13.3. The molecule has 43 heavy (non-hydrogen) atoms. The monoisotopic (exact) mass is 614 g/mol. The number of ether oxygens (including phenoxy) is 2. The molecule has 232 valence electrons. The van der Waals surface area contributed by atoms with Crippen molar-refractivity contribution in [3.8, 4) is 16.9 Å². The van der Waals surface area contributed by atoms with Crippen LogP contribution in [-0.4, -0.2) is 58.2 Å². The van der Waals surface area contributed by atoms with Gasteiger partial charge in [0.05, 0.1) is 24.6 Å². The maximum atomic E-state index is 14.3. The molecule has 0 spiro atoms. The van der Waals surface area contributed by atoms with Crippen LogP contribution in [0.1, 0.15) is 50.3 Å². The summed E-state index contributed by atoms with van der Waals surface area (Å²) in [5.41, 5.74) is 4.94. The molecule has 0 aliphatic heterocycles. The summed E-state index contributed by atoms with van der Waals surface area (Å²) >= 11 is 0. The summed E-state index contributed by atoms with van der Waals surface area (Å²) in [4.78, 5) is 16.5. The molecule has 1 aromatic carbocycles. The zero-order valence-electron chi connectivity index (χ0n) is 25.4. The molecule has 0 radical (unpaired) electrons. The number of nitrogens with zero attached hydrogens (tertiary/aromatic N) is 4. The maximum absolute atomic E-state index is 14.3. The normalized spacial score (nSPS) is 12.1. The van der Waals surface area contributed by atoms with Crippen LogP contribution in [0.2, 0.25) is 0 Å². The average molecular weight is 615 g/mol. The van der Waals surface area contributed by atoms with Crippen LogP contribution in [0.5, 0.6) is 5.75 Å². The van der Waals surface area contributed by atoms with Gasteiger partial charge in [-0.15, -0.1) is 0 Å². The number of halogens is 1. The van der Waals surface area contributed by atoms with E-state index < -0.39 is 27.5 Å². The molecule has 4 rings (SSSR count). The Bertz CT molecular complexity index is 1710. The predicted molar refractivity (Wildman–Crippen MR) is 162 cm³/mol. The van der Waals surface area contributed by atoms with E-state index in [2.05, 4.69) is 20.1 Å². The molecule has 0 saturated heterocycles. The Balaban J connectivity index is 1.49. The quantitative estimate of drug-likeness (QED) is 0.243. The molecule has 0 saturated carbocycles. The lowest BCUT2D eigenvalue weighted by atomic mass is 10.1. The molecule has 1 amide bonds. The molecule has 0 fully saturated rings. The highest BCUT2D eigenvalue weighted by molar-refractivity contribution is 7.89. The lowest BCUT2D eigenvalue weighted by Crippen LogP contribution is -2.33. The Hall–Kier alpha value is -3.97. The van der Waals surface area contributed by atoms with E-state index >= 15 is 0 Å². The number of amides is 1. The number of hydrogen-bond donors (Lipinski definition) is 2. The standard InChI is InChI=1S/C30H39FN6O5S/c1-7-43(39,40)34-18-26-24(20(2)36(6)35-26)13-15-41-27-16-22(31)9-10-25(27)21-8-11-28-33-17-23(37(28)19-21)12-14-32-29(38)42-30(3,4)5/h8-11,16-17,19,34H,7,12-15,18H2,1-6H3,(H,32,38). The molecule has 4 aromatic rings. The topological polar surface area (TPSA) is 129 Å². The zero-order valence-corrected chi connectivity index (χ0v) is 26.2. The van der Waals surface area contributed by atoms with Crippen LogP contribution in [0.25, 0.3) is 16.8 Å². The van der Waals surface area contributed by atoms with Crippen LogP contribution in [0, 0.1) is 12.7 Å². The van der Waals surface area contributed by atoms with Gasteiger partial charge in [0.1, 0.15) is 22.8 Å².